The fraction of sp³-hybridized carbons (Fsp3) is 0.545. The van der Waals surface area contributed by atoms with Crippen molar-refractivity contribution in [2.45, 2.75) is 20.8 Å². The molecule has 0 saturated carbocycles. The molecule has 4 N–H and O–H groups in total. The van der Waals surface area contributed by atoms with Crippen molar-refractivity contribution in [3.05, 3.63) is 11.9 Å². The molecule has 0 unspecified atom stereocenters. The van der Waals surface area contributed by atoms with Crippen molar-refractivity contribution in [1.29, 1.82) is 0 Å². The molecule has 1 amide bonds. The molecule has 0 aliphatic carbocycles. The minimum absolute atomic E-state index is 0.343. The molecule has 0 spiro atoms. The lowest BCUT2D eigenvalue weighted by Crippen LogP contribution is -2.37. The van der Waals surface area contributed by atoms with Gasteiger partial charge in [-0.2, -0.15) is 0 Å². The van der Waals surface area contributed by atoms with Crippen molar-refractivity contribution >= 4 is 17.5 Å². The molecule has 0 radical (unpaired) electrons. The van der Waals surface area contributed by atoms with Gasteiger partial charge < -0.3 is 16.4 Å². The Bertz CT molecular complexity index is 416. The topological polar surface area (TPSA) is 92.9 Å². The minimum atomic E-state index is -0.612. The van der Waals surface area contributed by atoms with Gasteiger partial charge in [-0.05, 0) is 20.8 Å². The van der Waals surface area contributed by atoms with Crippen molar-refractivity contribution in [2.24, 2.45) is 11.1 Å². The molecule has 17 heavy (non-hydrogen) atoms. The first-order valence-electron chi connectivity index (χ1n) is 5.42. The van der Waals surface area contributed by atoms with Gasteiger partial charge in [-0.15, -0.1) is 0 Å². The average molecular weight is 237 g/mol. The maximum atomic E-state index is 11.2. The van der Waals surface area contributed by atoms with Gasteiger partial charge in [0.1, 0.15) is 17.5 Å². The number of nitrogens with zero attached hydrogens (tertiary/aromatic N) is 2. The molecule has 0 bridgehead atoms. The van der Waals surface area contributed by atoms with E-state index in [0.717, 1.165) is 5.82 Å². The zero-order valence-electron chi connectivity index (χ0n) is 10.7. The number of nitrogens with two attached hydrogens (primary N) is 1. The summed E-state index contributed by atoms with van der Waals surface area (Å²) < 4.78 is 0. The van der Waals surface area contributed by atoms with Gasteiger partial charge in [-0.1, -0.05) is 0 Å². The first-order chi connectivity index (χ1) is 7.85. The smallest absolute Gasteiger partial charge is 0.224 e. The Morgan fingerprint density at radius 2 is 2.00 bits per heavy atom. The Labute approximate surface area is 101 Å². The second kappa shape index (κ2) is 4.99. The van der Waals surface area contributed by atoms with Crippen molar-refractivity contribution in [3.8, 4) is 0 Å². The predicted molar refractivity (Wildman–Crippen MR) is 67.8 cm³/mol. The van der Waals surface area contributed by atoms with E-state index in [4.69, 9.17) is 5.73 Å². The molecule has 1 aromatic heterocycles. The second-order valence-corrected chi connectivity index (χ2v) is 4.54. The van der Waals surface area contributed by atoms with E-state index in [0.29, 0.717) is 18.2 Å². The SMILES string of the molecule is CNc1cc(NCC(C)(C)C(N)=O)nc(C)n1. The van der Waals surface area contributed by atoms with Crippen LogP contribution < -0.4 is 16.4 Å². The molecule has 0 aromatic carbocycles. The summed E-state index contributed by atoms with van der Waals surface area (Å²) in [7, 11) is 1.79. The van der Waals surface area contributed by atoms with Crippen molar-refractivity contribution in [2.75, 3.05) is 24.2 Å². The molecule has 0 atom stereocenters. The van der Waals surface area contributed by atoms with E-state index in [-0.39, 0.29) is 5.91 Å². The number of rotatable bonds is 5. The minimum Gasteiger partial charge on any atom is -0.373 e. The summed E-state index contributed by atoms with van der Waals surface area (Å²) in [5, 5.41) is 6.04. The van der Waals surface area contributed by atoms with E-state index in [1.54, 1.807) is 27.0 Å². The van der Waals surface area contributed by atoms with E-state index in [1.165, 1.54) is 0 Å². The highest BCUT2D eigenvalue weighted by Crippen LogP contribution is 2.16. The number of amides is 1. The third-order valence-electron chi connectivity index (χ3n) is 2.47. The summed E-state index contributed by atoms with van der Waals surface area (Å²) in [6.07, 6.45) is 0. The first kappa shape index (κ1) is 13.2. The van der Waals surface area contributed by atoms with Crippen LogP contribution in [-0.2, 0) is 4.79 Å². The zero-order valence-corrected chi connectivity index (χ0v) is 10.7. The van der Waals surface area contributed by atoms with Gasteiger partial charge >= 0.3 is 0 Å². The molecule has 1 aromatic rings. The number of hydrogen-bond donors (Lipinski definition) is 3. The predicted octanol–water partition coefficient (Wildman–Crippen LogP) is 0.750. The maximum Gasteiger partial charge on any atom is 0.224 e. The summed E-state index contributed by atoms with van der Waals surface area (Å²) in [6.45, 7) is 5.82. The van der Waals surface area contributed by atoms with Gasteiger partial charge in [-0.25, -0.2) is 9.97 Å². The van der Waals surface area contributed by atoms with Crippen LogP contribution in [0.3, 0.4) is 0 Å². The lowest BCUT2D eigenvalue weighted by molar-refractivity contribution is -0.125. The van der Waals surface area contributed by atoms with Crippen LogP contribution >= 0.6 is 0 Å². The maximum absolute atomic E-state index is 11.2. The van der Waals surface area contributed by atoms with Gasteiger partial charge in [-0.3, -0.25) is 4.79 Å². The number of carbonyl (C=O) groups is 1. The molecule has 0 aliphatic rings. The van der Waals surface area contributed by atoms with Crippen molar-refractivity contribution in [1.82, 2.24) is 9.97 Å². The summed E-state index contributed by atoms with van der Waals surface area (Å²) in [6, 6.07) is 1.78. The van der Waals surface area contributed by atoms with Crippen LogP contribution in [0, 0.1) is 12.3 Å². The summed E-state index contributed by atoms with van der Waals surface area (Å²) in [4.78, 5) is 19.6. The second-order valence-electron chi connectivity index (χ2n) is 4.54. The van der Waals surface area contributed by atoms with Crippen LogP contribution in [0.1, 0.15) is 19.7 Å². The Hall–Kier alpha value is -1.85. The molecule has 1 rings (SSSR count). The molecule has 6 heteroatoms. The molecule has 0 fully saturated rings. The highest BCUT2D eigenvalue weighted by molar-refractivity contribution is 5.80. The molecular formula is C11H19N5O. The van der Waals surface area contributed by atoms with E-state index in [9.17, 15) is 4.79 Å². The normalized spacial score (nSPS) is 11.1. The Kier molecular flexibility index (Phi) is 3.88. The van der Waals surface area contributed by atoms with Crippen LogP contribution in [0.25, 0.3) is 0 Å². The zero-order chi connectivity index (χ0) is 13.1. The summed E-state index contributed by atoms with van der Waals surface area (Å²) in [5.74, 6) is 1.73. The number of hydrogen-bond acceptors (Lipinski definition) is 5. The van der Waals surface area contributed by atoms with Gasteiger partial charge in [0.05, 0.1) is 5.41 Å². The quantitative estimate of drug-likeness (QED) is 0.702. The molecule has 1 heterocycles. The first-order valence-corrected chi connectivity index (χ1v) is 5.42. The summed E-state index contributed by atoms with van der Waals surface area (Å²) in [5.41, 5.74) is 4.68. The highest BCUT2D eigenvalue weighted by Gasteiger charge is 2.24. The van der Waals surface area contributed by atoms with Gasteiger partial charge in [0.25, 0.3) is 0 Å². The average Bonchev–Trinajstić information content (AvgIpc) is 2.25. The monoisotopic (exact) mass is 237 g/mol. The molecular weight excluding hydrogens is 218 g/mol. The number of nitrogens with one attached hydrogen (secondary N) is 2. The number of carbonyl (C=O) groups excluding carboxylic acids is 1. The van der Waals surface area contributed by atoms with Crippen LogP contribution in [0.5, 0.6) is 0 Å². The Morgan fingerprint density at radius 3 is 2.53 bits per heavy atom. The Morgan fingerprint density at radius 1 is 1.41 bits per heavy atom. The van der Waals surface area contributed by atoms with Crippen LogP contribution in [0.4, 0.5) is 11.6 Å². The number of aryl methyl sites for hydroxylation is 1. The highest BCUT2D eigenvalue weighted by atomic mass is 16.1. The lowest BCUT2D eigenvalue weighted by Gasteiger charge is -2.21. The fourth-order valence-corrected chi connectivity index (χ4v) is 1.18. The van der Waals surface area contributed by atoms with E-state index in [2.05, 4.69) is 20.6 Å². The number of anilines is 2. The standard InChI is InChI=1S/C11H19N5O/c1-7-15-8(13-4)5-9(16-7)14-6-11(2,3)10(12)17/h5H,6H2,1-4H3,(H2,12,17)(H2,13,14,15,16). The summed E-state index contributed by atoms with van der Waals surface area (Å²) >= 11 is 0. The van der Waals surface area contributed by atoms with E-state index < -0.39 is 5.41 Å². The largest absolute Gasteiger partial charge is 0.373 e. The third-order valence-corrected chi connectivity index (χ3v) is 2.47. The molecule has 6 nitrogen and oxygen atoms in total. The number of primary amides is 1. The molecule has 0 aliphatic heterocycles. The van der Waals surface area contributed by atoms with Crippen LogP contribution in [0.15, 0.2) is 6.07 Å². The number of aromatic nitrogens is 2. The third kappa shape index (κ3) is 3.58. The lowest BCUT2D eigenvalue weighted by atomic mass is 9.93. The Balaban J connectivity index is 2.76. The van der Waals surface area contributed by atoms with Gasteiger partial charge in [0, 0.05) is 19.7 Å². The van der Waals surface area contributed by atoms with Crippen LogP contribution in [-0.4, -0.2) is 29.5 Å². The van der Waals surface area contributed by atoms with Crippen molar-refractivity contribution in [3.63, 3.8) is 0 Å². The van der Waals surface area contributed by atoms with Gasteiger partial charge in [0.15, 0.2) is 0 Å². The fourth-order valence-electron chi connectivity index (χ4n) is 1.18. The van der Waals surface area contributed by atoms with E-state index >= 15 is 0 Å². The molecule has 94 valence electrons. The van der Waals surface area contributed by atoms with Crippen LogP contribution in [0.2, 0.25) is 0 Å². The van der Waals surface area contributed by atoms with Gasteiger partial charge in [0.2, 0.25) is 5.91 Å². The van der Waals surface area contributed by atoms with E-state index in [1.807, 2.05) is 6.92 Å². The molecule has 0 saturated heterocycles. The van der Waals surface area contributed by atoms with Crippen molar-refractivity contribution < 1.29 is 4.79 Å².